The van der Waals surface area contributed by atoms with Crippen LogP contribution >= 0.6 is 0 Å². The van der Waals surface area contributed by atoms with Gasteiger partial charge in [0, 0.05) is 13.0 Å². The highest BCUT2D eigenvalue weighted by Crippen LogP contribution is 2.26. The first-order valence-corrected chi connectivity index (χ1v) is 27.5. The van der Waals surface area contributed by atoms with Crippen LogP contribution in [0.3, 0.4) is 0 Å². The molecule has 1 aliphatic heterocycles. The highest BCUT2D eigenvalue weighted by Gasteiger charge is 2.48. The second-order valence-electron chi connectivity index (χ2n) is 18.1. The molecule has 0 aromatic rings. The number of carbonyl (C=O) groups is 1. The van der Waals surface area contributed by atoms with E-state index in [4.69, 9.17) is 18.9 Å². The van der Waals surface area contributed by atoms with Crippen LogP contribution in [-0.4, -0.2) is 97.5 Å². The number of esters is 1. The maximum absolute atomic E-state index is 12.9. The van der Waals surface area contributed by atoms with Gasteiger partial charge < -0.3 is 34.3 Å². The number of aliphatic hydroxyl groups is 3. The molecule has 1 saturated heterocycles. The van der Waals surface area contributed by atoms with Gasteiger partial charge in [0.25, 0.3) is 0 Å². The molecule has 1 heterocycles. The van der Waals surface area contributed by atoms with E-state index in [2.05, 4.69) is 42.3 Å². The molecule has 0 saturated carbocycles. The number of hydrogen-bond acceptors (Lipinski definition) is 11. The molecule has 13 heteroatoms. The molecule has 1 aliphatic rings. The van der Waals surface area contributed by atoms with Crippen LogP contribution in [0.2, 0.25) is 0 Å². The van der Waals surface area contributed by atoms with Crippen molar-refractivity contribution in [2.75, 3.05) is 26.4 Å². The van der Waals surface area contributed by atoms with Crippen LogP contribution in [0.5, 0.6) is 0 Å². The minimum atomic E-state index is -5.06. The molecule has 0 radical (unpaired) electrons. The molecule has 0 aromatic heterocycles. The zero-order chi connectivity index (χ0) is 46.8. The largest absolute Gasteiger partial charge is 0.457 e. The molecule has 0 amide bonds. The summed E-state index contributed by atoms with van der Waals surface area (Å²) in [6.07, 6.45) is 40.8. The molecule has 4 N–H and O–H groups in total. The molecule has 1 rings (SSSR count). The van der Waals surface area contributed by atoms with Gasteiger partial charge in [-0.1, -0.05) is 212 Å². The van der Waals surface area contributed by atoms with E-state index in [1.54, 1.807) is 0 Å². The third-order valence-electron chi connectivity index (χ3n) is 12.1. The van der Waals surface area contributed by atoms with Gasteiger partial charge in [-0.25, -0.2) is 4.18 Å². The van der Waals surface area contributed by atoms with Crippen LogP contribution in [0, 0.1) is 0 Å². The van der Waals surface area contributed by atoms with Gasteiger partial charge in [-0.15, -0.1) is 0 Å². The Morgan fingerprint density at radius 2 is 1.06 bits per heavy atom. The number of hydrogen-bond donors (Lipinski definition) is 4. The molecule has 0 spiro atoms. The quantitative estimate of drug-likeness (QED) is 0.0197. The Kier molecular flexibility index (Phi) is 40.6. The van der Waals surface area contributed by atoms with E-state index in [1.165, 1.54) is 141 Å². The molecule has 1 fully saturated rings. The van der Waals surface area contributed by atoms with E-state index in [1.807, 2.05) is 0 Å². The molecule has 0 bridgehead atoms. The fourth-order valence-corrected chi connectivity index (χ4v) is 8.63. The Labute approximate surface area is 391 Å². The van der Waals surface area contributed by atoms with Crippen LogP contribution in [0.4, 0.5) is 0 Å². The van der Waals surface area contributed by atoms with Crippen LogP contribution in [0.15, 0.2) is 24.3 Å². The van der Waals surface area contributed by atoms with Crippen molar-refractivity contribution in [1.82, 2.24) is 0 Å². The minimum Gasteiger partial charge on any atom is -0.457 e. The molecule has 6 unspecified atom stereocenters. The van der Waals surface area contributed by atoms with Gasteiger partial charge in [-0.05, 0) is 38.5 Å². The van der Waals surface area contributed by atoms with Crippen LogP contribution in [0.25, 0.3) is 0 Å². The Bertz CT molecular complexity index is 1210. The van der Waals surface area contributed by atoms with E-state index >= 15 is 0 Å². The highest BCUT2D eigenvalue weighted by atomic mass is 32.3. The van der Waals surface area contributed by atoms with Crippen molar-refractivity contribution in [2.24, 2.45) is 0 Å². The standard InChI is InChI=1S/C51H96O12S/c1-3-5-7-9-11-13-15-17-18-19-20-21-22-23-24-25-26-27-29-31-33-35-37-39-41-59-43-45(44-60-51-49(55)50(63-64(56,57)58)48(54)46(42-52)62-51)61-47(53)40-38-36-34-32-30-28-16-14-12-10-8-6-4-2/h8,10,14,16,45-46,48-52,54-55H,3-7,9,11-13,15,17-44H2,1-2H3,(H,56,57,58)/b10-8-,16-14-. The number of aliphatic hydroxyl groups excluding tert-OH is 3. The van der Waals surface area contributed by atoms with E-state index in [-0.39, 0.29) is 19.6 Å². The third-order valence-corrected chi connectivity index (χ3v) is 12.5. The van der Waals surface area contributed by atoms with Gasteiger partial charge in [0.1, 0.15) is 30.5 Å². The summed E-state index contributed by atoms with van der Waals surface area (Å²) < 4.78 is 59.2. The van der Waals surface area contributed by atoms with Crippen molar-refractivity contribution < 1.29 is 56.2 Å². The summed E-state index contributed by atoms with van der Waals surface area (Å²) in [7, 11) is -5.06. The van der Waals surface area contributed by atoms with Crippen LogP contribution in [-0.2, 0) is 38.3 Å². The number of rotatable bonds is 46. The monoisotopic (exact) mass is 933 g/mol. The normalized spacial score (nSPS) is 19.9. The molecule has 12 nitrogen and oxygen atoms in total. The lowest BCUT2D eigenvalue weighted by Crippen LogP contribution is -2.60. The Morgan fingerprint density at radius 3 is 1.55 bits per heavy atom. The number of allylic oxidation sites excluding steroid dienone is 4. The SMILES string of the molecule is CCC/C=C\C/C=C\CCCCCCCC(=O)OC(COCCCCCCCCCCCCCCCCCCCCCCCCCC)COC1OC(CO)C(O)C(OS(=O)(=O)O)C1O. The molecule has 378 valence electrons. The maximum Gasteiger partial charge on any atom is 0.397 e. The Balaban J connectivity index is 2.29. The number of ether oxygens (including phenoxy) is 4. The van der Waals surface area contributed by atoms with Crippen LogP contribution < -0.4 is 0 Å². The molecule has 0 aromatic carbocycles. The van der Waals surface area contributed by atoms with Crippen molar-refractivity contribution in [3.05, 3.63) is 24.3 Å². The fraction of sp³-hybridized carbons (Fsp3) is 0.902. The predicted molar refractivity (Wildman–Crippen MR) is 257 cm³/mol. The number of carbonyl (C=O) groups excluding carboxylic acids is 1. The first-order valence-electron chi connectivity index (χ1n) is 26.1. The van der Waals surface area contributed by atoms with E-state index < -0.39 is 59.8 Å². The topological polar surface area (TPSA) is 178 Å². The van der Waals surface area contributed by atoms with E-state index in [0.717, 1.165) is 64.2 Å². The Morgan fingerprint density at radius 1 is 0.594 bits per heavy atom. The zero-order valence-corrected chi connectivity index (χ0v) is 41.4. The maximum atomic E-state index is 12.9. The van der Waals surface area contributed by atoms with Crippen LogP contribution in [0.1, 0.15) is 232 Å². The van der Waals surface area contributed by atoms with Crippen molar-refractivity contribution in [3.8, 4) is 0 Å². The van der Waals surface area contributed by atoms with Gasteiger partial charge in [-0.2, -0.15) is 8.42 Å². The molecule has 0 aliphatic carbocycles. The van der Waals surface area contributed by atoms with Gasteiger partial charge in [0.15, 0.2) is 6.29 Å². The van der Waals surface area contributed by atoms with E-state index in [0.29, 0.717) is 13.0 Å². The van der Waals surface area contributed by atoms with Gasteiger partial charge in [-0.3, -0.25) is 9.35 Å². The van der Waals surface area contributed by atoms with Gasteiger partial charge in [0.2, 0.25) is 0 Å². The zero-order valence-electron chi connectivity index (χ0n) is 40.6. The lowest BCUT2D eigenvalue weighted by molar-refractivity contribution is -0.301. The highest BCUT2D eigenvalue weighted by molar-refractivity contribution is 7.80. The third kappa shape index (κ3) is 35.7. The predicted octanol–water partition coefficient (Wildman–Crippen LogP) is 12.0. The summed E-state index contributed by atoms with van der Waals surface area (Å²) in [6, 6.07) is 0. The van der Waals surface area contributed by atoms with Gasteiger partial charge >= 0.3 is 16.4 Å². The molecular weight excluding hydrogens is 837 g/mol. The second kappa shape index (κ2) is 42.9. The first kappa shape index (κ1) is 60.6. The first-order chi connectivity index (χ1) is 31.1. The average molecular weight is 933 g/mol. The number of unbranched alkanes of at least 4 members (excludes halogenated alkanes) is 29. The summed E-state index contributed by atoms with van der Waals surface area (Å²) in [5.74, 6) is -0.410. The fourth-order valence-electron chi connectivity index (χ4n) is 8.12. The smallest absolute Gasteiger partial charge is 0.397 e. The molecule has 64 heavy (non-hydrogen) atoms. The summed E-state index contributed by atoms with van der Waals surface area (Å²) >= 11 is 0. The summed E-state index contributed by atoms with van der Waals surface area (Å²) in [5, 5.41) is 30.7. The summed E-state index contributed by atoms with van der Waals surface area (Å²) in [4.78, 5) is 12.9. The summed E-state index contributed by atoms with van der Waals surface area (Å²) in [5.41, 5.74) is 0. The van der Waals surface area contributed by atoms with Gasteiger partial charge in [0.05, 0.1) is 19.8 Å². The molecular formula is C51H96O12S. The van der Waals surface area contributed by atoms with E-state index in [9.17, 15) is 33.1 Å². The van der Waals surface area contributed by atoms with Crippen molar-refractivity contribution in [3.63, 3.8) is 0 Å². The average Bonchev–Trinajstić information content (AvgIpc) is 3.27. The van der Waals surface area contributed by atoms with Crippen molar-refractivity contribution in [1.29, 1.82) is 0 Å². The summed E-state index contributed by atoms with van der Waals surface area (Å²) in [6.45, 7) is 3.95. The minimum absolute atomic E-state index is 0.0346. The Hall–Kier alpha value is -1.42. The lowest BCUT2D eigenvalue weighted by Gasteiger charge is -2.41. The lowest BCUT2D eigenvalue weighted by atomic mass is 9.99. The second-order valence-corrected chi connectivity index (χ2v) is 19.2. The van der Waals surface area contributed by atoms with Crippen molar-refractivity contribution >= 4 is 16.4 Å². The van der Waals surface area contributed by atoms with Crippen molar-refractivity contribution in [2.45, 2.75) is 269 Å². The molecule has 6 atom stereocenters.